The minimum atomic E-state index is -0.802. The number of H-pyrrole nitrogens is 1. The van der Waals surface area contributed by atoms with Gasteiger partial charge in [-0.15, -0.1) is 0 Å². The third-order valence-electron chi connectivity index (χ3n) is 2.81. The molecular formula is C13H15N3O3S. The van der Waals surface area contributed by atoms with Gasteiger partial charge in [0.05, 0.1) is 6.10 Å². The molecular weight excluding hydrogens is 278 g/mol. The maximum atomic E-state index is 11.2. The SMILES string of the molecule is CC[C@H](O)c1ccc(Sc2nc(=O)c(=O)[nH]n2C)cc1. The number of benzene rings is 1. The van der Waals surface area contributed by atoms with E-state index >= 15 is 0 Å². The molecule has 0 saturated carbocycles. The highest BCUT2D eigenvalue weighted by molar-refractivity contribution is 7.99. The molecule has 2 aromatic rings. The third kappa shape index (κ3) is 3.17. The van der Waals surface area contributed by atoms with Crippen LogP contribution < -0.4 is 11.1 Å². The van der Waals surface area contributed by atoms with Gasteiger partial charge < -0.3 is 5.11 Å². The van der Waals surface area contributed by atoms with E-state index in [1.54, 1.807) is 7.05 Å². The van der Waals surface area contributed by atoms with Crippen LogP contribution in [0.5, 0.6) is 0 Å². The van der Waals surface area contributed by atoms with Gasteiger partial charge >= 0.3 is 11.1 Å². The van der Waals surface area contributed by atoms with Crippen molar-refractivity contribution < 1.29 is 5.11 Å². The molecule has 1 aromatic carbocycles. The number of hydrogen-bond acceptors (Lipinski definition) is 5. The predicted molar refractivity (Wildman–Crippen MR) is 75.9 cm³/mol. The lowest BCUT2D eigenvalue weighted by molar-refractivity contribution is 0.173. The first kappa shape index (κ1) is 14.5. The summed E-state index contributed by atoms with van der Waals surface area (Å²) in [5.41, 5.74) is -0.693. The predicted octanol–water partition coefficient (Wildman–Crippen LogP) is 1.06. The van der Waals surface area contributed by atoms with Crippen molar-refractivity contribution in [2.75, 3.05) is 0 Å². The normalized spacial score (nSPS) is 12.3. The Hall–Kier alpha value is -1.86. The Balaban J connectivity index is 2.24. The Morgan fingerprint density at radius 3 is 2.60 bits per heavy atom. The fourth-order valence-electron chi connectivity index (χ4n) is 1.65. The maximum Gasteiger partial charge on any atom is 0.339 e. The van der Waals surface area contributed by atoms with Gasteiger partial charge in [-0.3, -0.25) is 19.4 Å². The van der Waals surface area contributed by atoms with Crippen molar-refractivity contribution in [3.05, 3.63) is 50.5 Å². The van der Waals surface area contributed by atoms with E-state index in [2.05, 4.69) is 10.1 Å². The second-order valence-corrected chi connectivity index (χ2v) is 5.34. The van der Waals surface area contributed by atoms with Crippen molar-refractivity contribution >= 4 is 11.8 Å². The molecule has 0 aliphatic rings. The monoisotopic (exact) mass is 293 g/mol. The summed E-state index contributed by atoms with van der Waals surface area (Å²) in [4.78, 5) is 26.9. The van der Waals surface area contributed by atoms with E-state index in [0.717, 1.165) is 10.5 Å². The number of aryl methyl sites for hydroxylation is 1. The number of rotatable bonds is 4. The number of aliphatic hydroxyl groups excluding tert-OH is 1. The largest absolute Gasteiger partial charge is 0.388 e. The van der Waals surface area contributed by atoms with Crippen LogP contribution in [0.3, 0.4) is 0 Å². The summed E-state index contributed by atoms with van der Waals surface area (Å²) < 4.78 is 1.41. The number of hydrogen-bond donors (Lipinski definition) is 2. The minimum Gasteiger partial charge on any atom is -0.388 e. The molecule has 1 atom stereocenters. The van der Waals surface area contributed by atoms with Gasteiger partial charge in [0, 0.05) is 11.9 Å². The van der Waals surface area contributed by atoms with Gasteiger partial charge in [-0.1, -0.05) is 30.8 Å². The highest BCUT2D eigenvalue weighted by Crippen LogP contribution is 2.26. The zero-order chi connectivity index (χ0) is 14.7. The number of nitrogens with one attached hydrogen (secondary N) is 1. The van der Waals surface area contributed by atoms with Crippen molar-refractivity contribution in [3.63, 3.8) is 0 Å². The zero-order valence-electron chi connectivity index (χ0n) is 11.2. The van der Waals surface area contributed by atoms with Crippen LogP contribution in [0.2, 0.25) is 0 Å². The van der Waals surface area contributed by atoms with E-state index in [1.165, 1.54) is 16.4 Å². The molecule has 2 N–H and O–H groups in total. The smallest absolute Gasteiger partial charge is 0.339 e. The number of aromatic nitrogens is 3. The molecule has 20 heavy (non-hydrogen) atoms. The minimum absolute atomic E-state index is 0.401. The highest BCUT2D eigenvalue weighted by atomic mass is 32.2. The van der Waals surface area contributed by atoms with Crippen LogP contribution in [-0.2, 0) is 7.05 Å². The van der Waals surface area contributed by atoms with Crippen molar-refractivity contribution in [1.29, 1.82) is 0 Å². The van der Waals surface area contributed by atoms with Gasteiger partial charge in [-0.05, 0) is 24.1 Å². The third-order valence-corrected chi connectivity index (χ3v) is 3.86. The van der Waals surface area contributed by atoms with Gasteiger partial charge in [0.25, 0.3) is 0 Å². The van der Waals surface area contributed by atoms with E-state index in [9.17, 15) is 14.7 Å². The van der Waals surface area contributed by atoms with E-state index in [-0.39, 0.29) is 0 Å². The maximum absolute atomic E-state index is 11.2. The molecule has 0 amide bonds. The topological polar surface area (TPSA) is 88.0 Å². The van der Waals surface area contributed by atoms with Crippen LogP contribution in [0.25, 0.3) is 0 Å². The van der Waals surface area contributed by atoms with E-state index in [1.807, 2.05) is 31.2 Å². The quantitative estimate of drug-likeness (QED) is 0.823. The van der Waals surface area contributed by atoms with Crippen LogP contribution in [0, 0.1) is 0 Å². The first-order valence-electron chi connectivity index (χ1n) is 6.14. The Kier molecular flexibility index (Phi) is 4.41. The molecule has 0 aliphatic heterocycles. The summed E-state index contributed by atoms with van der Waals surface area (Å²) in [6.45, 7) is 1.91. The van der Waals surface area contributed by atoms with Gasteiger partial charge in [0.2, 0.25) is 0 Å². The molecule has 0 bridgehead atoms. The number of nitrogens with zero attached hydrogens (tertiary/aromatic N) is 2. The van der Waals surface area contributed by atoms with Gasteiger partial charge in [-0.2, -0.15) is 4.98 Å². The van der Waals surface area contributed by atoms with Gasteiger partial charge in [0.15, 0.2) is 5.16 Å². The molecule has 0 unspecified atom stereocenters. The lowest BCUT2D eigenvalue weighted by Gasteiger charge is -2.09. The van der Waals surface area contributed by atoms with Crippen LogP contribution in [0.1, 0.15) is 25.0 Å². The summed E-state index contributed by atoms with van der Waals surface area (Å²) in [5.74, 6) is 0. The molecule has 2 rings (SSSR count). The van der Waals surface area contributed by atoms with E-state index in [4.69, 9.17) is 0 Å². The van der Waals surface area contributed by atoms with Crippen LogP contribution >= 0.6 is 11.8 Å². The number of aromatic amines is 1. The molecule has 0 aliphatic carbocycles. The fourth-order valence-corrected chi connectivity index (χ4v) is 2.45. The average Bonchev–Trinajstić information content (AvgIpc) is 2.44. The molecule has 0 saturated heterocycles. The Morgan fingerprint density at radius 1 is 1.35 bits per heavy atom. The number of aliphatic hydroxyl groups is 1. The molecule has 0 spiro atoms. The fraction of sp³-hybridized carbons (Fsp3) is 0.308. The summed E-state index contributed by atoms with van der Waals surface area (Å²) in [6.07, 6.45) is 0.187. The molecule has 1 aromatic heterocycles. The van der Waals surface area contributed by atoms with Crippen molar-refractivity contribution in [1.82, 2.24) is 14.8 Å². The van der Waals surface area contributed by atoms with Crippen LogP contribution in [-0.4, -0.2) is 19.9 Å². The summed E-state index contributed by atoms with van der Waals surface area (Å²) in [5, 5.41) is 12.5. The van der Waals surface area contributed by atoms with Crippen molar-refractivity contribution in [3.8, 4) is 0 Å². The average molecular weight is 293 g/mol. The van der Waals surface area contributed by atoms with Gasteiger partial charge in [0.1, 0.15) is 0 Å². The second kappa shape index (κ2) is 6.06. The van der Waals surface area contributed by atoms with Crippen LogP contribution in [0.4, 0.5) is 0 Å². The Morgan fingerprint density at radius 2 is 2.00 bits per heavy atom. The zero-order valence-corrected chi connectivity index (χ0v) is 12.0. The lowest BCUT2D eigenvalue weighted by atomic mass is 10.1. The standard InChI is InChI=1S/C13H15N3O3S/c1-3-10(17)8-4-6-9(7-5-8)20-13-14-11(18)12(19)15-16(13)2/h4-7,10,17H,3H2,1-2H3,(H,15,19)/t10-/m0/s1. The van der Waals surface area contributed by atoms with Crippen molar-refractivity contribution in [2.45, 2.75) is 29.5 Å². The molecule has 106 valence electrons. The molecule has 0 fully saturated rings. The Labute approximate surface area is 119 Å². The Bertz CT molecular complexity index is 706. The van der Waals surface area contributed by atoms with Crippen LogP contribution in [0.15, 0.2) is 43.9 Å². The molecule has 7 heteroatoms. The molecule has 0 radical (unpaired) electrons. The summed E-state index contributed by atoms with van der Waals surface area (Å²) in [6, 6.07) is 7.35. The van der Waals surface area contributed by atoms with Gasteiger partial charge in [-0.25, -0.2) is 0 Å². The first-order chi connectivity index (χ1) is 9.51. The van der Waals surface area contributed by atoms with E-state index < -0.39 is 17.2 Å². The second-order valence-electron chi connectivity index (χ2n) is 4.29. The molecule has 6 nitrogen and oxygen atoms in total. The lowest BCUT2D eigenvalue weighted by Crippen LogP contribution is -2.33. The summed E-state index contributed by atoms with van der Waals surface area (Å²) in [7, 11) is 1.62. The summed E-state index contributed by atoms with van der Waals surface area (Å²) >= 11 is 1.27. The first-order valence-corrected chi connectivity index (χ1v) is 6.96. The highest BCUT2D eigenvalue weighted by Gasteiger charge is 2.08. The molecule has 1 heterocycles. The van der Waals surface area contributed by atoms with Crippen molar-refractivity contribution in [2.24, 2.45) is 7.05 Å². The van der Waals surface area contributed by atoms with E-state index in [0.29, 0.717) is 11.6 Å².